The number of hydrogen-bond acceptors (Lipinski definition) is 3. The molecule has 0 amide bonds. The van der Waals surface area contributed by atoms with Gasteiger partial charge in [-0.1, -0.05) is 12.1 Å². The molecule has 1 heterocycles. The highest BCUT2D eigenvalue weighted by atomic mass is 19.1. The Morgan fingerprint density at radius 3 is 2.61 bits per heavy atom. The molecule has 0 saturated carbocycles. The van der Waals surface area contributed by atoms with Crippen molar-refractivity contribution < 1.29 is 13.9 Å². The smallest absolute Gasteiger partial charge is 0.213 e. The predicted octanol–water partition coefficient (Wildman–Crippen LogP) is 2.31. The SMILES string of the molecule is N#Cc1ccc(C(O)c2cccc(F)n2)c(F)c1. The number of aromatic nitrogens is 1. The fourth-order valence-electron chi connectivity index (χ4n) is 1.55. The Balaban J connectivity index is 2.40. The Bertz CT molecular complexity index is 623. The van der Waals surface area contributed by atoms with Crippen molar-refractivity contribution in [1.82, 2.24) is 4.98 Å². The van der Waals surface area contributed by atoms with Gasteiger partial charge in [0.15, 0.2) is 0 Å². The van der Waals surface area contributed by atoms with Gasteiger partial charge in [-0.2, -0.15) is 9.65 Å². The minimum absolute atomic E-state index is 0.0126. The maximum Gasteiger partial charge on any atom is 0.213 e. The van der Waals surface area contributed by atoms with E-state index in [0.29, 0.717) is 0 Å². The molecule has 0 bridgehead atoms. The number of halogens is 2. The predicted molar refractivity (Wildman–Crippen MR) is 59.4 cm³/mol. The second-order valence-electron chi connectivity index (χ2n) is 3.64. The summed E-state index contributed by atoms with van der Waals surface area (Å²) in [6, 6.07) is 9.36. The zero-order valence-electron chi connectivity index (χ0n) is 9.14. The Kier molecular flexibility index (Phi) is 3.31. The van der Waals surface area contributed by atoms with Crippen molar-refractivity contribution in [3.05, 3.63) is 65.0 Å². The summed E-state index contributed by atoms with van der Waals surface area (Å²) in [4.78, 5) is 3.48. The minimum Gasteiger partial charge on any atom is -0.382 e. The number of benzene rings is 1. The van der Waals surface area contributed by atoms with Gasteiger partial charge in [0, 0.05) is 5.56 Å². The van der Waals surface area contributed by atoms with Crippen LogP contribution in [0.5, 0.6) is 0 Å². The second-order valence-corrected chi connectivity index (χ2v) is 3.64. The van der Waals surface area contributed by atoms with Crippen molar-refractivity contribution in [3.63, 3.8) is 0 Å². The average molecular weight is 246 g/mol. The van der Waals surface area contributed by atoms with E-state index < -0.39 is 17.9 Å². The summed E-state index contributed by atoms with van der Waals surface area (Å²) >= 11 is 0. The first kappa shape index (κ1) is 12.1. The van der Waals surface area contributed by atoms with E-state index in [0.717, 1.165) is 12.1 Å². The summed E-state index contributed by atoms with van der Waals surface area (Å²) in [5.41, 5.74) is 0.112. The molecule has 1 N–H and O–H groups in total. The van der Waals surface area contributed by atoms with E-state index >= 15 is 0 Å². The van der Waals surface area contributed by atoms with Gasteiger partial charge in [0.25, 0.3) is 0 Å². The second kappa shape index (κ2) is 4.90. The fourth-order valence-corrected chi connectivity index (χ4v) is 1.55. The Hall–Kier alpha value is -2.32. The molecular formula is C13H8F2N2O. The lowest BCUT2D eigenvalue weighted by molar-refractivity contribution is 0.208. The molecule has 0 saturated heterocycles. The zero-order chi connectivity index (χ0) is 13.1. The summed E-state index contributed by atoms with van der Waals surface area (Å²) in [5.74, 6) is -1.48. The van der Waals surface area contributed by atoms with Crippen LogP contribution in [0.4, 0.5) is 8.78 Å². The summed E-state index contributed by atoms with van der Waals surface area (Å²) in [7, 11) is 0. The highest BCUT2D eigenvalue weighted by Crippen LogP contribution is 2.23. The van der Waals surface area contributed by atoms with Crippen LogP contribution in [0.1, 0.15) is 22.9 Å². The number of rotatable bonds is 2. The lowest BCUT2D eigenvalue weighted by Crippen LogP contribution is -2.05. The van der Waals surface area contributed by atoms with Gasteiger partial charge >= 0.3 is 0 Å². The van der Waals surface area contributed by atoms with Gasteiger partial charge in [0.05, 0.1) is 17.3 Å². The molecule has 0 aliphatic carbocycles. The van der Waals surface area contributed by atoms with Crippen molar-refractivity contribution in [2.24, 2.45) is 0 Å². The van der Waals surface area contributed by atoms with Crippen molar-refractivity contribution in [1.29, 1.82) is 5.26 Å². The monoisotopic (exact) mass is 246 g/mol. The van der Waals surface area contributed by atoms with Crippen LogP contribution in [0.3, 0.4) is 0 Å². The fraction of sp³-hybridized carbons (Fsp3) is 0.0769. The molecule has 2 rings (SSSR count). The topological polar surface area (TPSA) is 56.9 Å². The maximum atomic E-state index is 13.6. The van der Waals surface area contributed by atoms with Gasteiger partial charge in [-0.3, -0.25) is 0 Å². The van der Waals surface area contributed by atoms with E-state index in [-0.39, 0.29) is 16.8 Å². The Morgan fingerprint density at radius 1 is 1.22 bits per heavy atom. The lowest BCUT2D eigenvalue weighted by atomic mass is 10.0. The highest BCUT2D eigenvalue weighted by Gasteiger charge is 2.17. The average Bonchev–Trinajstić information content (AvgIpc) is 2.37. The van der Waals surface area contributed by atoms with Crippen molar-refractivity contribution in [2.45, 2.75) is 6.10 Å². The van der Waals surface area contributed by atoms with Crippen LogP contribution in [0.2, 0.25) is 0 Å². The van der Waals surface area contributed by atoms with E-state index in [1.165, 1.54) is 24.3 Å². The Morgan fingerprint density at radius 2 is 2.00 bits per heavy atom. The van der Waals surface area contributed by atoms with Crippen LogP contribution < -0.4 is 0 Å². The molecule has 18 heavy (non-hydrogen) atoms. The molecule has 0 aliphatic rings. The van der Waals surface area contributed by atoms with Crippen LogP contribution in [0, 0.1) is 23.1 Å². The van der Waals surface area contributed by atoms with Crippen LogP contribution >= 0.6 is 0 Å². The minimum atomic E-state index is -1.37. The van der Waals surface area contributed by atoms with Crippen molar-refractivity contribution in [3.8, 4) is 6.07 Å². The number of aliphatic hydroxyl groups excluding tert-OH is 1. The van der Waals surface area contributed by atoms with Crippen LogP contribution in [0.15, 0.2) is 36.4 Å². The largest absolute Gasteiger partial charge is 0.382 e. The molecule has 5 heteroatoms. The molecule has 90 valence electrons. The van der Waals surface area contributed by atoms with E-state index in [1.54, 1.807) is 6.07 Å². The van der Waals surface area contributed by atoms with Gasteiger partial charge < -0.3 is 5.11 Å². The van der Waals surface area contributed by atoms with Crippen LogP contribution in [-0.2, 0) is 0 Å². The summed E-state index contributed by atoms with van der Waals surface area (Å²) in [5, 5.41) is 18.5. The molecule has 0 fully saturated rings. The quantitative estimate of drug-likeness (QED) is 0.827. The standard InChI is InChI=1S/C13H8F2N2O/c14-10-6-8(7-16)4-5-9(10)13(18)11-2-1-3-12(15)17-11/h1-6,13,18H. The molecule has 0 radical (unpaired) electrons. The summed E-state index contributed by atoms with van der Waals surface area (Å²) < 4.78 is 26.5. The van der Waals surface area contributed by atoms with Crippen molar-refractivity contribution >= 4 is 0 Å². The first-order chi connectivity index (χ1) is 8.61. The third-order valence-electron chi connectivity index (χ3n) is 2.44. The molecule has 1 aromatic heterocycles. The molecule has 0 aliphatic heterocycles. The van der Waals surface area contributed by atoms with Crippen LogP contribution in [0.25, 0.3) is 0 Å². The van der Waals surface area contributed by atoms with Gasteiger partial charge in [-0.05, 0) is 24.3 Å². The van der Waals surface area contributed by atoms with Gasteiger partial charge in [-0.25, -0.2) is 9.37 Å². The molecule has 1 atom stereocenters. The van der Waals surface area contributed by atoms with Gasteiger partial charge in [0.2, 0.25) is 5.95 Å². The van der Waals surface area contributed by atoms with E-state index in [4.69, 9.17) is 5.26 Å². The third-order valence-corrected chi connectivity index (χ3v) is 2.44. The highest BCUT2D eigenvalue weighted by molar-refractivity contribution is 5.35. The number of nitriles is 1. The van der Waals surface area contributed by atoms with Gasteiger partial charge in [0.1, 0.15) is 11.9 Å². The maximum absolute atomic E-state index is 13.6. The van der Waals surface area contributed by atoms with E-state index in [9.17, 15) is 13.9 Å². The zero-order valence-corrected chi connectivity index (χ0v) is 9.14. The first-order valence-corrected chi connectivity index (χ1v) is 5.12. The number of hydrogen-bond donors (Lipinski definition) is 1. The summed E-state index contributed by atoms with van der Waals surface area (Å²) in [6.07, 6.45) is -1.37. The molecule has 0 spiro atoms. The third kappa shape index (κ3) is 2.34. The first-order valence-electron chi connectivity index (χ1n) is 5.12. The Labute approximate surface area is 102 Å². The molecule has 2 aromatic rings. The number of aliphatic hydroxyl groups is 1. The molecule has 3 nitrogen and oxygen atoms in total. The lowest BCUT2D eigenvalue weighted by Gasteiger charge is -2.11. The molecule has 1 unspecified atom stereocenters. The van der Waals surface area contributed by atoms with Gasteiger partial charge in [-0.15, -0.1) is 0 Å². The van der Waals surface area contributed by atoms with Crippen LogP contribution in [-0.4, -0.2) is 10.1 Å². The normalized spacial score (nSPS) is 11.9. The summed E-state index contributed by atoms with van der Waals surface area (Å²) in [6.45, 7) is 0. The molecule has 1 aromatic carbocycles. The van der Waals surface area contributed by atoms with E-state index in [2.05, 4.69) is 4.98 Å². The number of nitrogens with zero attached hydrogens (tertiary/aromatic N) is 2. The number of pyridine rings is 1. The molecular weight excluding hydrogens is 238 g/mol. The van der Waals surface area contributed by atoms with Crippen molar-refractivity contribution in [2.75, 3.05) is 0 Å². The van der Waals surface area contributed by atoms with E-state index in [1.807, 2.05) is 0 Å².